The Bertz CT molecular complexity index is 674. The minimum Gasteiger partial charge on any atom is -0.394 e. The Labute approximate surface area is 319 Å². The molecular formula is C46H93NO4. The van der Waals surface area contributed by atoms with Gasteiger partial charge in [-0.2, -0.15) is 0 Å². The summed E-state index contributed by atoms with van der Waals surface area (Å²) < 4.78 is 0. The summed E-state index contributed by atoms with van der Waals surface area (Å²) >= 11 is 0. The monoisotopic (exact) mass is 724 g/mol. The van der Waals surface area contributed by atoms with E-state index in [-0.39, 0.29) is 18.9 Å². The summed E-state index contributed by atoms with van der Waals surface area (Å²) in [6, 6.07) is -0.651. The molecule has 0 bridgehead atoms. The number of rotatable bonds is 43. The lowest BCUT2D eigenvalue weighted by Crippen LogP contribution is -2.46. The van der Waals surface area contributed by atoms with Crippen molar-refractivity contribution in [2.75, 3.05) is 6.61 Å². The molecule has 0 aliphatic carbocycles. The topological polar surface area (TPSA) is 89.8 Å². The molecule has 51 heavy (non-hydrogen) atoms. The molecular weight excluding hydrogens is 631 g/mol. The molecule has 0 aliphatic heterocycles. The number of amides is 1. The predicted octanol–water partition coefficient (Wildman–Crippen LogP) is 13.4. The maximum Gasteiger partial charge on any atom is 0.222 e. The number of aliphatic hydroxyl groups excluding tert-OH is 3. The van der Waals surface area contributed by atoms with Crippen molar-refractivity contribution in [3.8, 4) is 0 Å². The number of hydrogen-bond acceptors (Lipinski definition) is 4. The molecule has 3 atom stereocenters. The molecule has 0 saturated heterocycles. The quantitative estimate of drug-likeness (QED) is 0.0472. The number of unbranched alkanes of at least 4 members (excludes halogenated alkanes) is 34. The lowest BCUT2D eigenvalue weighted by molar-refractivity contribution is -0.125. The van der Waals surface area contributed by atoms with Gasteiger partial charge in [0.15, 0.2) is 0 Å². The van der Waals surface area contributed by atoms with Crippen LogP contribution in [0.3, 0.4) is 0 Å². The maximum atomic E-state index is 12.4. The molecule has 0 aliphatic rings. The normalized spacial score (nSPS) is 13.4. The lowest BCUT2D eigenvalue weighted by atomic mass is 10.0. The molecule has 3 unspecified atom stereocenters. The standard InChI is InChI=1S/C46H93NO4/c1-3-5-7-9-11-13-15-16-17-18-19-20-21-22-23-24-25-26-27-28-29-30-31-33-35-37-39-43(49)41-46(51)47-44(42-48)45(50)40-38-36-34-32-14-12-10-8-6-4-2/h43-45,48-50H,3-42H2,1-2H3,(H,47,51). The van der Waals surface area contributed by atoms with E-state index in [4.69, 9.17) is 0 Å². The number of carbonyl (C=O) groups is 1. The van der Waals surface area contributed by atoms with Gasteiger partial charge < -0.3 is 20.6 Å². The number of hydrogen-bond donors (Lipinski definition) is 4. The molecule has 306 valence electrons. The third-order valence-electron chi connectivity index (χ3n) is 11.2. The van der Waals surface area contributed by atoms with Gasteiger partial charge in [-0.25, -0.2) is 0 Å². The van der Waals surface area contributed by atoms with Crippen LogP contribution in [0.5, 0.6) is 0 Å². The zero-order chi connectivity index (χ0) is 37.3. The molecule has 5 heteroatoms. The molecule has 0 spiro atoms. The number of nitrogens with one attached hydrogen (secondary N) is 1. The van der Waals surface area contributed by atoms with Crippen LogP contribution in [0.4, 0.5) is 0 Å². The van der Waals surface area contributed by atoms with Gasteiger partial charge in [0.05, 0.1) is 31.3 Å². The van der Waals surface area contributed by atoms with E-state index in [0.29, 0.717) is 12.8 Å². The smallest absolute Gasteiger partial charge is 0.222 e. The summed E-state index contributed by atoms with van der Waals surface area (Å²) in [5.41, 5.74) is 0. The van der Waals surface area contributed by atoms with E-state index < -0.39 is 18.2 Å². The molecule has 5 nitrogen and oxygen atoms in total. The molecule has 0 aromatic heterocycles. The van der Waals surface area contributed by atoms with Crippen molar-refractivity contribution in [1.82, 2.24) is 5.32 Å². The maximum absolute atomic E-state index is 12.4. The fourth-order valence-electron chi connectivity index (χ4n) is 7.58. The minimum atomic E-state index is -0.742. The Kier molecular flexibility index (Phi) is 41.6. The zero-order valence-electron chi connectivity index (χ0n) is 34.8. The van der Waals surface area contributed by atoms with Crippen molar-refractivity contribution < 1.29 is 20.1 Å². The van der Waals surface area contributed by atoms with Gasteiger partial charge in [-0.15, -0.1) is 0 Å². The van der Waals surface area contributed by atoms with Crippen LogP contribution in [-0.4, -0.2) is 46.1 Å². The average molecular weight is 724 g/mol. The highest BCUT2D eigenvalue weighted by atomic mass is 16.3. The Morgan fingerprint density at radius 2 is 0.667 bits per heavy atom. The van der Waals surface area contributed by atoms with Gasteiger partial charge in [0, 0.05) is 0 Å². The van der Waals surface area contributed by atoms with E-state index in [9.17, 15) is 20.1 Å². The van der Waals surface area contributed by atoms with E-state index in [2.05, 4.69) is 19.2 Å². The van der Waals surface area contributed by atoms with Gasteiger partial charge in [-0.3, -0.25) is 4.79 Å². The third-order valence-corrected chi connectivity index (χ3v) is 11.2. The van der Waals surface area contributed by atoms with E-state index in [1.807, 2.05) is 0 Å². The molecule has 0 aromatic carbocycles. The van der Waals surface area contributed by atoms with Crippen LogP contribution in [0.25, 0.3) is 0 Å². The first-order chi connectivity index (χ1) is 25.0. The van der Waals surface area contributed by atoms with Crippen molar-refractivity contribution in [3.63, 3.8) is 0 Å². The summed E-state index contributed by atoms with van der Waals surface area (Å²) in [6.45, 7) is 4.26. The molecule has 0 saturated carbocycles. The Hall–Kier alpha value is -0.650. The van der Waals surface area contributed by atoms with Crippen molar-refractivity contribution in [1.29, 1.82) is 0 Å². The number of aliphatic hydroxyl groups is 3. The molecule has 0 radical (unpaired) electrons. The first-order valence-corrected chi connectivity index (χ1v) is 23.3. The van der Waals surface area contributed by atoms with Crippen molar-refractivity contribution in [3.05, 3.63) is 0 Å². The second kappa shape index (κ2) is 42.1. The third kappa shape index (κ3) is 38.9. The van der Waals surface area contributed by atoms with E-state index in [1.165, 1.54) is 205 Å². The highest BCUT2D eigenvalue weighted by molar-refractivity contribution is 5.76. The molecule has 0 heterocycles. The van der Waals surface area contributed by atoms with Gasteiger partial charge >= 0.3 is 0 Å². The summed E-state index contributed by atoms with van der Waals surface area (Å²) in [5.74, 6) is -0.279. The van der Waals surface area contributed by atoms with Crippen LogP contribution >= 0.6 is 0 Å². The lowest BCUT2D eigenvalue weighted by Gasteiger charge is -2.23. The fourth-order valence-corrected chi connectivity index (χ4v) is 7.58. The van der Waals surface area contributed by atoms with Crippen molar-refractivity contribution >= 4 is 5.91 Å². The summed E-state index contributed by atoms with van der Waals surface area (Å²) in [6.07, 6.45) is 48.1. The minimum absolute atomic E-state index is 0.0426. The second-order valence-electron chi connectivity index (χ2n) is 16.4. The Morgan fingerprint density at radius 1 is 0.412 bits per heavy atom. The molecule has 1 amide bonds. The highest BCUT2D eigenvalue weighted by Crippen LogP contribution is 2.17. The van der Waals surface area contributed by atoms with E-state index in [0.717, 1.165) is 25.7 Å². The first-order valence-electron chi connectivity index (χ1n) is 23.3. The van der Waals surface area contributed by atoms with Crippen molar-refractivity contribution in [2.45, 2.75) is 283 Å². The highest BCUT2D eigenvalue weighted by Gasteiger charge is 2.21. The Balaban J connectivity index is 3.46. The fraction of sp³-hybridized carbons (Fsp3) is 0.978. The summed E-state index contributed by atoms with van der Waals surface area (Å²) in [5, 5.41) is 33.3. The molecule has 0 aromatic rings. The molecule has 0 rings (SSSR count). The van der Waals surface area contributed by atoms with E-state index in [1.54, 1.807) is 0 Å². The van der Waals surface area contributed by atoms with Gasteiger partial charge in [0.1, 0.15) is 0 Å². The summed E-state index contributed by atoms with van der Waals surface area (Å²) in [7, 11) is 0. The SMILES string of the molecule is CCCCCCCCCCCCCCCCCCCCCCCCCCCCC(O)CC(=O)NC(CO)C(O)CCCCCCCCCCCC. The summed E-state index contributed by atoms with van der Waals surface area (Å²) in [4.78, 5) is 12.4. The van der Waals surface area contributed by atoms with E-state index >= 15 is 0 Å². The number of carbonyl (C=O) groups excluding carboxylic acids is 1. The first kappa shape index (κ1) is 50.4. The van der Waals surface area contributed by atoms with Gasteiger partial charge in [-0.1, -0.05) is 245 Å². The zero-order valence-corrected chi connectivity index (χ0v) is 34.8. The molecule has 0 fully saturated rings. The Morgan fingerprint density at radius 3 is 0.941 bits per heavy atom. The van der Waals surface area contributed by atoms with Gasteiger partial charge in [0.25, 0.3) is 0 Å². The van der Waals surface area contributed by atoms with Gasteiger partial charge in [-0.05, 0) is 12.8 Å². The van der Waals surface area contributed by atoms with Crippen LogP contribution in [0.15, 0.2) is 0 Å². The predicted molar refractivity (Wildman–Crippen MR) is 222 cm³/mol. The van der Waals surface area contributed by atoms with Crippen LogP contribution in [0.2, 0.25) is 0 Å². The van der Waals surface area contributed by atoms with Crippen LogP contribution < -0.4 is 5.32 Å². The largest absolute Gasteiger partial charge is 0.394 e. The average Bonchev–Trinajstić information content (AvgIpc) is 3.12. The second-order valence-corrected chi connectivity index (χ2v) is 16.4. The van der Waals surface area contributed by atoms with Crippen LogP contribution in [0, 0.1) is 0 Å². The molecule has 4 N–H and O–H groups in total. The van der Waals surface area contributed by atoms with Crippen LogP contribution in [0.1, 0.15) is 264 Å². The van der Waals surface area contributed by atoms with Gasteiger partial charge in [0.2, 0.25) is 5.91 Å². The van der Waals surface area contributed by atoms with Crippen molar-refractivity contribution in [2.24, 2.45) is 0 Å². The van der Waals surface area contributed by atoms with Crippen LogP contribution in [-0.2, 0) is 4.79 Å².